The Balaban J connectivity index is 1.78. The van der Waals surface area contributed by atoms with Crippen LogP contribution in [0.4, 0.5) is 0 Å². The van der Waals surface area contributed by atoms with Crippen LogP contribution in [0.25, 0.3) is 10.1 Å². The Morgan fingerprint density at radius 1 is 0.931 bits per heavy atom. The summed E-state index contributed by atoms with van der Waals surface area (Å²) in [5.41, 5.74) is 3.97. The summed E-state index contributed by atoms with van der Waals surface area (Å²) in [6, 6.07) is 8.12. The highest BCUT2D eigenvalue weighted by Crippen LogP contribution is 2.51. The van der Waals surface area contributed by atoms with Crippen LogP contribution in [0, 0.1) is 11.8 Å². The van der Waals surface area contributed by atoms with Crippen molar-refractivity contribution in [2.75, 3.05) is 14.2 Å². The number of carbonyl (C=O) groups is 2. The Kier molecular flexibility index (Phi) is 4.46. The molecule has 0 spiro atoms. The standard InChI is InChI=1S/C23H23NO4S/c1-27-22(25)18-17(15-11-29-16-6-4-3-5-14(15)16)19(23(26)28-2)21(13-9-10-13)24-20(18)12-7-8-12/h3-6,11-13,17,24H,7-10H2,1-2H3. The van der Waals surface area contributed by atoms with Gasteiger partial charge in [0, 0.05) is 16.1 Å². The SMILES string of the molecule is COC(=O)C1=C(C2CC2)NC(C2CC2)=C(C(=O)OC)C1c1csc2ccccc12. The second kappa shape index (κ2) is 7.02. The van der Waals surface area contributed by atoms with Crippen LogP contribution in [0.15, 0.2) is 52.2 Å². The van der Waals surface area contributed by atoms with Crippen LogP contribution in [0.2, 0.25) is 0 Å². The molecule has 1 aliphatic heterocycles. The van der Waals surface area contributed by atoms with Gasteiger partial charge in [0.1, 0.15) is 0 Å². The van der Waals surface area contributed by atoms with Gasteiger partial charge in [-0.15, -0.1) is 11.3 Å². The summed E-state index contributed by atoms with van der Waals surface area (Å²) in [4.78, 5) is 26.0. The first-order chi connectivity index (χ1) is 14.1. The summed E-state index contributed by atoms with van der Waals surface area (Å²) < 4.78 is 11.5. The summed E-state index contributed by atoms with van der Waals surface area (Å²) in [6.45, 7) is 0. The number of fused-ring (bicyclic) bond motifs is 1. The van der Waals surface area contributed by atoms with E-state index in [9.17, 15) is 9.59 Å². The summed E-state index contributed by atoms with van der Waals surface area (Å²) in [5, 5.41) is 6.65. The number of dihydropyridines is 1. The van der Waals surface area contributed by atoms with Crippen molar-refractivity contribution < 1.29 is 19.1 Å². The van der Waals surface area contributed by atoms with E-state index in [1.54, 1.807) is 11.3 Å². The first-order valence-corrected chi connectivity index (χ1v) is 10.9. The molecule has 2 aliphatic carbocycles. The van der Waals surface area contributed by atoms with Gasteiger partial charge in [-0.25, -0.2) is 9.59 Å². The van der Waals surface area contributed by atoms with Crippen molar-refractivity contribution in [3.05, 3.63) is 57.7 Å². The third-order valence-electron chi connectivity index (χ3n) is 6.03. The first kappa shape index (κ1) is 18.4. The molecule has 0 atom stereocenters. The van der Waals surface area contributed by atoms with Gasteiger partial charge in [-0.3, -0.25) is 0 Å². The monoisotopic (exact) mass is 409 g/mol. The zero-order chi connectivity index (χ0) is 20.1. The topological polar surface area (TPSA) is 64.6 Å². The fourth-order valence-electron chi connectivity index (χ4n) is 4.33. The number of nitrogens with one attached hydrogen (secondary N) is 1. The number of ether oxygens (including phenoxy) is 2. The Morgan fingerprint density at radius 3 is 2.00 bits per heavy atom. The van der Waals surface area contributed by atoms with E-state index in [2.05, 4.69) is 22.8 Å². The van der Waals surface area contributed by atoms with E-state index >= 15 is 0 Å². The normalized spacial score (nSPS) is 20.1. The molecule has 1 aromatic heterocycles. The molecule has 29 heavy (non-hydrogen) atoms. The fraction of sp³-hybridized carbons (Fsp3) is 0.391. The van der Waals surface area contributed by atoms with Gasteiger partial charge in [0.2, 0.25) is 0 Å². The van der Waals surface area contributed by atoms with E-state index in [1.807, 2.05) is 12.1 Å². The first-order valence-electron chi connectivity index (χ1n) is 10.0. The minimum Gasteiger partial charge on any atom is -0.466 e. The summed E-state index contributed by atoms with van der Waals surface area (Å²) in [5.74, 6) is -0.584. The van der Waals surface area contributed by atoms with Crippen LogP contribution in [-0.4, -0.2) is 26.2 Å². The lowest BCUT2D eigenvalue weighted by atomic mass is 9.78. The van der Waals surface area contributed by atoms with E-state index in [1.165, 1.54) is 14.2 Å². The number of hydrogen-bond donors (Lipinski definition) is 1. The van der Waals surface area contributed by atoms with Crippen LogP contribution in [0.3, 0.4) is 0 Å². The molecule has 0 radical (unpaired) electrons. The predicted octanol–water partition coefficient (Wildman–Crippen LogP) is 4.26. The highest BCUT2D eigenvalue weighted by Gasteiger charge is 2.46. The summed E-state index contributed by atoms with van der Waals surface area (Å²) in [6.07, 6.45) is 4.19. The maximum absolute atomic E-state index is 13.0. The Morgan fingerprint density at radius 2 is 1.48 bits per heavy atom. The van der Waals surface area contributed by atoms with Gasteiger partial charge >= 0.3 is 11.9 Å². The number of benzene rings is 1. The van der Waals surface area contributed by atoms with E-state index in [-0.39, 0.29) is 11.9 Å². The second-order valence-corrected chi connectivity index (χ2v) is 8.84. The summed E-state index contributed by atoms with van der Waals surface area (Å²) >= 11 is 1.63. The second-order valence-electron chi connectivity index (χ2n) is 7.93. The van der Waals surface area contributed by atoms with Gasteiger partial charge in [0.15, 0.2) is 0 Å². The van der Waals surface area contributed by atoms with E-state index in [4.69, 9.17) is 9.47 Å². The van der Waals surface area contributed by atoms with Gasteiger partial charge < -0.3 is 14.8 Å². The Bertz CT molecular complexity index is 1020. The zero-order valence-electron chi connectivity index (χ0n) is 16.5. The number of carbonyl (C=O) groups excluding carboxylic acids is 2. The summed E-state index contributed by atoms with van der Waals surface area (Å²) in [7, 11) is 2.81. The van der Waals surface area contributed by atoms with E-state index in [0.717, 1.165) is 52.7 Å². The Hall–Kier alpha value is -2.60. The highest BCUT2D eigenvalue weighted by atomic mass is 32.1. The number of rotatable bonds is 5. The van der Waals surface area contributed by atoms with Crippen molar-refractivity contribution in [1.29, 1.82) is 0 Å². The number of allylic oxidation sites excluding steroid dienone is 2. The molecule has 0 amide bonds. The molecule has 5 rings (SSSR count). The number of hydrogen-bond acceptors (Lipinski definition) is 6. The Labute approximate surface area is 173 Å². The average molecular weight is 410 g/mol. The van der Waals surface area contributed by atoms with Crippen LogP contribution in [0.5, 0.6) is 0 Å². The highest BCUT2D eigenvalue weighted by molar-refractivity contribution is 7.17. The van der Waals surface area contributed by atoms with Crippen molar-refractivity contribution in [2.24, 2.45) is 11.8 Å². The quantitative estimate of drug-likeness (QED) is 0.748. The molecule has 2 aromatic rings. The molecule has 5 nitrogen and oxygen atoms in total. The molecular formula is C23H23NO4S. The van der Waals surface area contributed by atoms with Crippen molar-refractivity contribution in [1.82, 2.24) is 5.32 Å². The molecule has 3 aliphatic rings. The number of methoxy groups -OCH3 is 2. The zero-order valence-corrected chi connectivity index (χ0v) is 17.3. The fourth-order valence-corrected chi connectivity index (χ4v) is 5.32. The van der Waals surface area contributed by atoms with Crippen molar-refractivity contribution >= 4 is 33.4 Å². The smallest absolute Gasteiger partial charge is 0.336 e. The van der Waals surface area contributed by atoms with Crippen LogP contribution < -0.4 is 5.32 Å². The molecule has 2 heterocycles. The molecule has 2 saturated carbocycles. The number of thiophene rings is 1. The molecule has 0 unspecified atom stereocenters. The molecule has 2 fully saturated rings. The van der Waals surface area contributed by atoms with Crippen LogP contribution >= 0.6 is 11.3 Å². The van der Waals surface area contributed by atoms with Gasteiger partial charge in [0.05, 0.1) is 31.3 Å². The van der Waals surface area contributed by atoms with Crippen LogP contribution in [-0.2, 0) is 19.1 Å². The third-order valence-corrected chi connectivity index (χ3v) is 7.01. The van der Waals surface area contributed by atoms with Gasteiger partial charge in [-0.2, -0.15) is 0 Å². The molecule has 150 valence electrons. The van der Waals surface area contributed by atoms with E-state index < -0.39 is 5.92 Å². The van der Waals surface area contributed by atoms with Gasteiger partial charge in [0.25, 0.3) is 0 Å². The predicted molar refractivity (Wildman–Crippen MR) is 111 cm³/mol. The molecule has 0 saturated heterocycles. The average Bonchev–Trinajstić information content (AvgIpc) is 3.68. The maximum Gasteiger partial charge on any atom is 0.336 e. The van der Waals surface area contributed by atoms with Crippen molar-refractivity contribution in [3.8, 4) is 0 Å². The van der Waals surface area contributed by atoms with E-state index in [0.29, 0.717) is 23.0 Å². The van der Waals surface area contributed by atoms with Gasteiger partial charge in [-0.1, -0.05) is 18.2 Å². The molecular weight excluding hydrogens is 386 g/mol. The number of esters is 2. The lowest BCUT2D eigenvalue weighted by Crippen LogP contribution is -2.35. The largest absolute Gasteiger partial charge is 0.466 e. The lowest BCUT2D eigenvalue weighted by molar-refractivity contribution is -0.137. The third kappa shape index (κ3) is 3.06. The minimum absolute atomic E-state index is 0.324. The lowest BCUT2D eigenvalue weighted by Gasteiger charge is -2.32. The molecule has 1 N–H and O–H groups in total. The minimum atomic E-state index is -0.474. The van der Waals surface area contributed by atoms with Crippen molar-refractivity contribution in [3.63, 3.8) is 0 Å². The van der Waals surface area contributed by atoms with Crippen molar-refractivity contribution in [2.45, 2.75) is 31.6 Å². The van der Waals surface area contributed by atoms with Gasteiger partial charge in [-0.05, 0) is 59.9 Å². The molecule has 0 bridgehead atoms. The van der Waals surface area contributed by atoms with Crippen LogP contribution in [0.1, 0.15) is 37.2 Å². The maximum atomic E-state index is 13.0. The molecule has 1 aromatic carbocycles. The molecule has 6 heteroatoms.